The summed E-state index contributed by atoms with van der Waals surface area (Å²) in [5.74, 6) is -0.00333. The van der Waals surface area contributed by atoms with E-state index in [1.54, 1.807) is 11.8 Å². The molecule has 1 aromatic rings. The number of ether oxygens (including phenoxy) is 1. The van der Waals surface area contributed by atoms with Crippen LogP contribution in [0.25, 0.3) is 0 Å². The summed E-state index contributed by atoms with van der Waals surface area (Å²) in [4.78, 5) is 14.0. The fraction of sp³-hybridized carbons (Fsp3) is 0.615. The van der Waals surface area contributed by atoms with E-state index in [9.17, 15) is 13.2 Å². The number of primary sulfonamides is 1. The molecule has 8 heteroatoms. The number of morpholine rings is 1. The molecule has 118 valence electrons. The molecule has 2 atom stereocenters. The van der Waals surface area contributed by atoms with Crippen LogP contribution in [0.1, 0.15) is 35.7 Å². The van der Waals surface area contributed by atoms with Gasteiger partial charge in [0.1, 0.15) is 22.0 Å². The predicted molar refractivity (Wildman–Crippen MR) is 75.5 cm³/mol. The monoisotopic (exact) mass is 316 g/mol. The molecular formula is C13H20N2O5S. The van der Waals surface area contributed by atoms with Crippen molar-refractivity contribution in [1.29, 1.82) is 0 Å². The highest BCUT2D eigenvalue weighted by molar-refractivity contribution is 7.89. The van der Waals surface area contributed by atoms with Gasteiger partial charge in [0.15, 0.2) is 0 Å². The molecule has 1 aromatic heterocycles. The fourth-order valence-corrected chi connectivity index (χ4v) is 3.71. The SMILES string of the molecule is Cc1oc(C)c(S(N)(=O)=O)c1C(=O)N1C[C@H](C)O[C@@H](C)C1. The van der Waals surface area contributed by atoms with Crippen molar-refractivity contribution in [1.82, 2.24) is 4.90 Å². The number of carbonyl (C=O) groups is 1. The standard InChI is InChI=1S/C13H20N2O5S/c1-7-5-15(6-8(2)19-7)13(16)11-9(3)20-10(4)12(11)21(14,17)18/h7-8H,5-6H2,1-4H3,(H2,14,17,18)/t7-,8-/m0/s1. The average molecular weight is 316 g/mol. The van der Waals surface area contributed by atoms with Crippen molar-refractivity contribution in [3.8, 4) is 0 Å². The van der Waals surface area contributed by atoms with Crippen molar-refractivity contribution >= 4 is 15.9 Å². The highest BCUT2D eigenvalue weighted by Gasteiger charge is 2.34. The van der Waals surface area contributed by atoms with Crippen molar-refractivity contribution in [3.05, 3.63) is 17.1 Å². The molecule has 21 heavy (non-hydrogen) atoms. The second-order valence-corrected chi connectivity index (χ2v) is 6.93. The van der Waals surface area contributed by atoms with E-state index < -0.39 is 15.9 Å². The van der Waals surface area contributed by atoms with Gasteiger partial charge >= 0.3 is 0 Å². The molecule has 1 aliphatic rings. The van der Waals surface area contributed by atoms with E-state index in [1.165, 1.54) is 6.92 Å². The summed E-state index contributed by atoms with van der Waals surface area (Å²) in [6, 6.07) is 0. The summed E-state index contributed by atoms with van der Waals surface area (Å²) in [7, 11) is -4.03. The van der Waals surface area contributed by atoms with Crippen LogP contribution < -0.4 is 5.14 Å². The Labute approximate surface area is 124 Å². The molecule has 1 aliphatic heterocycles. The smallest absolute Gasteiger partial charge is 0.258 e. The summed E-state index contributed by atoms with van der Waals surface area (Å²) < 4.78 is 34.3. The second kappa shape index (κ2) is 5.43. The first-order valence-corrected chi connectivity index (χ1v) is 8.23. The Bertz CT molecular complexity index is 654. The van der Waals surface area contributed by atoms with Gasteiger partial charge in [0.05, 0.1) is 12.2 Å². The van der Waals surface area contributed by atoms with Crippen molar-refractivity contribution in [2.24, 2.45) is 5.14 Å². The molecule has 2 rings (SSSR count). The topological polar surface area (TPSA) is 103 Å². The quantitative estimate of drug-likeness (QED) is 0.869. The van der Waals surface area contributed by atoms with Gasteiger partial charge in [-0.15, -0.1) is 0 Å². The molecule has 2 N–H and O–H groups in total. The summed E-state index contributed by atoms with van der Waals surface area (Å²) in [6.45, 7) is 7.57. The first kappa shape index (κ1) is 16.0. The van der Waals surface area contributed by atoms with Crippen molar-refractivity contribution in [2.45, 2.75) is 44.8 Å². The number of sulfonamides is 1. The normalized spacial score (nSPS) is 23.4. The van der Waals surface area contributed by atoms with Crippen molar-refractivity contribution in [3.63, 3.8) is 0 Å². The van der Waals surface area contributed by atoms with Gasteiger partial charge in [-0.05, 0) is 27.7 Å². The van der Waals surface area contributed by atoms with Crippen LogP contribution >= 0.6 is 0 Å². The third-order valence-electron chi connectivity index (χ3n) is 3.41. The summed E-state index contributed by atoms with van der Waals surface area (Å²) >= 11 is 0. The van der Waals surface area contributed by atoms with E-state index in [4.69, 9.17) is 14.3 Å². The lowest BCUT2D eigenvalue weighted by atomic mass is 10.1. The maximum absolute atomic E-state index is 12.7. The highest BCUT2D eigenvalue weighted by Crippen LogP contribution is 2.27. The summed E-state index contributed by atoms with van der Waals surface area (Å²) in [5, 5.41) is 5.21. The van der Waals surface area contributed by atoms with Crippen LogP contribution in [0.2, 0.25) is 0 Å². The van der Waals surface area contributed by atoms with Crippen LogP contribution in [0.5, 0.6) is 0 Å². The van der Waals surface area contributed by atoms with Gasteiger partial charge in [-0.3, -0.25) is 4.79 Å². The Morgan fingerprint density at radius 3 is 2.19 bits per heavy atom. The average Bonchev–Trinajstić information content (AvgIpc) is 2.61. The number of nitrogens with zero attached hydrogens (tertiary/aromatic N) is 1. The molecule has 7 nitrogen and oxygen atoms in total. The minimum Gasteiger partial charge on any atom is -0.464 e. The van der Waals surface area contributed by atoms with Gasteiger partial charge in [0, 0.05) is 13.1 Å². The zero-order valence-electron chi connectivity index (χ0n) is 12.5. The third kappa shape index (κ3) is 3.12. The van der Waals surface area contributed by atoms with Gasteiger partial charge in [0.2, 0.25) is 10.0 Å². The van der Waals surface area contributed by atoms with E-state index in [0.29, 0.717) is 13.1 Å². The second-order valence-electron chi connectivity index (χ2n) is 5.43. The number of hydrogen-bond acceptors (Lipinski definition) is 5. The van der Waals surface area contributed by atoms with Crippen LogP contribution in [-0.4, -0.2) is 44.5 Å². The number of nitrogens with two attached hydrogens (primary N) is 1. The lowest BCUT2D eigenvalue weighted by molar-refractivity contribution is -0.0587. The van der Waals surface area contributed by atoms with Gasteiger partial charge in [-0.25, -0.2) is 13.6 Å². The van der Waals surface area contributed by atoms with E-state index in [2.05, 4.69) is 0 Å². The van der Waals surface area contributed by atoms with Crippen molar-refractivity contribution < 1.29 is 22.4 Å². The zero-order valence-corrected chi connectivity index (χ0v) is 13.4. The fourth-order valence-electron chi connectivity index (χ4n) is 2.76. The Morgan fingerprint density at radius 1 is 1.19 bits per heavy atom. The molecule has 0 aliphatic carbocycles. The van der Waals surface area contributed by atoms with E-state index in [-0.39, 0.29) is 34.2 Å². The lowest BCUT2D eigenvalue weighted by Crippen LogP contribution is -2.48. The number of amides is 1. The minimum atomic E-state index is -4.03. The third-order valence-corrected chi connectivity index (χ3v) is 4.47. The van der Waals surface area contributed by atoms with Crippen LogP contribution in [0, 0.1) is 13.8 Å². The molecule has 1 amide bonds. The van der Waals surface area contributed by atoms with Gasteiger partial charge < -0.3 is 14.1 Å². The maximum atomic E-state index is 12.7. The van der Waals surface area contributed by atoms with E-state index in [0.717, 1.165) is 0 Å². The molecule has 1 fully saturated rings. The Kier molecular flexibility index (Phi) is 4.14. The number of carbonyl (C=O) groups excluding carboxylic acids is 1. The molecule has 0 spiro atoms. The Morgan fingerprint density at radius 2 is 1.71 bits per heavy atom. The maximum Gasteiger partial charge on any atom is 0.258 e. The number of furan rings is 1. The number of rotatable bonds is 2. The van der Waals surface area contributed by atoms with Gasteiger partial charge in [-0.1, -0.05) is 0 Å². The molecular weight excluding hydrogens is 296 g/mol. The van der Waals surface area contributed by atoms with E-state index >= 15 is 0 Å². The number of hydrogen-bond donors (Lipinski definition) is 1. The first-order chi connectivity index (χ1) is 9.61. The largest absolute Gasteiger partial charge is 0.464 e. The first-order valence-electron chi connectivity index (χ1n) is 6.68. The molecule has 0 saturated carbocycles. The Balaban J connectivity index is 2.45. The van der Waals surface area contributed by atoms with E-state index in [1.807, 2.05) is 13.8 Å². The number of aryl methyl sites for hydroxylation is 2. The highest BCUT2D eigenvalue weighted by atomic mass is 32.2. The summed E-state index contributed by atoms with van der Waals surface area (Å²) in [5.41, 5.74) is 0.0244. The van der Waals surface area contributed by atoms with Crippen LogP contribution in [0.15, 0.2) is 9.31 Å². The molecule has 0 bridgehead atoms. The zero-order chi connectivity index (χ0) is 15.9. The minimum absolute atomic E-state index is 0.0244. The molecule has 0 radical (unpaired) electrons. The van der Waals surface area contributed by atoms with Crippen LogP contribution in [0.4, 0.5) is 0 Å². The van der Waals surface area contributed by atoms with Crippen LogP contribution in [0.3, 0.4) is 0 Å². The molecule has 2 heterocycles. The van der Waals surface area contributed by atoms with Crippen LogP contribution in [-0.2, 0) is 14.8 Å². The molecule has 1 saturated heterocycles. The van der Waals surface area contributed by atoms with Gasteiger partial charge in [-0.2, -0.15) is 0 Å². The Hall–Kier alpha value is -1.38. The van der Waals surface area contributed by atoms with Crippen molar-refractivity contribution in [2.75, 3.05) is 13.1 Å². The predicted octanol–water partition coefficient (Wildman–Crippen LogP) is 0.793. The lowest BCUT2D eigenvalue weighted by Gasteiger charge is -2.35. The molecule has 0 aromatic carbocycles. The summed E-state index contributed by atoms with van der Waals surface area (Å²) in [6.07, 6.45) is -0.215. The van der Waals surface area contributed by atoms with Gasteiger partial charge in [0.25, 0.3) is 5.91 Å². The molecule has 0 unspecified atom stereocenters.